The number of anilines is 1. The van der Waals surface area contributed by atoms with E-state index in [-0.39, 0.29) is 12.4 Å². The summed E-state index contributed by atoms with van der Waals surface area (Å²) in [6, 6.07) is 13.4. The third-order valence-electron chi connectivity index (χ3n) is 3.37. The molecule has 0 atom stereocenters. The summed E-state index contributed by atoms with van der Waals surface area (Å²) in [5.74, 6) is -0.599. The number of amides is 1. The van der Waals surface area contributed by atoms with Gasteiger partial charge >= 0.3 is 11.9 Å². The van der Waals surface area contributed by atoms with E-state index < -0.39 is 17.8 Å². The van der Waals surface area contributed by atoms with Crippen LogP contribution in [-0.2, 0) is 19.1 Å². The molecule has 27 heavy (non-hydrogen) atoms. The highest BCUT2D eigenvalue weighted by molar-refractivity contribution is 8.00. The van der Waals surface area contributed by atoms with Gasteiger partial charge in [-0.3, -0.25) is 9.59 Å². The van der Waals surface area contributed by atoms with Crippen molar-refractivity contribution < 1.29 is 28.6 Å². The molecule has 0 unspecified atom stereocenters. The van der Waals surface area contributed by atoms with Crippen LogP contribution in [0, 0.1) is 0 Å². The maximum atomic E-state index is 11.8. The average Bonchev–Trinajstić information content (AvgIpc) is 2.71. The fraction of sp³-hybridized carbons (Fsp3) is 0.211. The molecule has 0 aliphatic heterocycles. The first kappa shape index (κ1) is 20.3. The van der Waals surface area contributed by atoms with E-state index >= 15 is 0 Å². The highest BCUT2D eigenvalue weighted by atomic mass is 32.2. The molecule has 0 aliphatic carbocycles. The van der Waals surface area contributed by atoms with Gasteiger partial charge in [0.1, 0.15) is 5.75 Å². The minimum Gasteiger partial charge on any atom is -0.497 e. The number of carbonyl (C=O) groups excluding carboxylic acids is 3. The van der Waals surface area contributed by atoms with Crippen molar-refractivity contribution in [3.05, 3.63) is 54.1 Å². The normalized spacial score (nSPS) is 10.0. The molecule has 0 saturated heterocycles. The van der Waals surface area contributed by atoms with Gasteiger partial charge in [0.15, 0.2) is 6.61 Å². The van der Waals surface area contributed by atoms with Gasteiger partial charge in [-0.05, 0) is 48.5 Å². The Morgan fingerprint density at radius 1 is 0.963 bits per heavy atom. The number of hydrogen-bond acceptors (Lipinski definition) is 7. The van der Waals surface area contributed by atoms with Gasteiger partial charge in [0.25, 0.3) is 5.91 Å². The lowest BCUT2D eigenvalue weighted by molar-refractivity contribution is -0.144. The number of esters is 2. The summed E-state index contributed by atoms with van der Waals surface area (Å²) in [7, 11) is 2.87. The topological polar surface area (TPSA) is 90.9 Å². The highest BCUT2D eigenvalue weighted by Gasteiger charge is 2.10. The number of hydrogen-bond donors (Lipinski definition) is 1. The van der Waals surface area contributed by atoms with E-state index in [1.54, 1.807) is 31.4 Å². The Morgan fingerprint density at radius 2 is 1.63 bits per heavy atom. The summed E-state index contributed by atoms with van der Waals surface area (Å²) >= 11 is 1.30. The second kappa shape index (κ2) is 10.2. The fourth-order valence-corrected chi connectivity index (χ4v) is 2.70. The van der Waals surface area contributed by atoms with Gasteiger partial charge in [0.2, 0.25) is 0 Å². The van der Waals surface area contributed by atoms with Crippen LogP contribution < -0.4 is 10.1 Å². The minimum atomic E-state index is -0.494. The van der Waals surface area contributed by atoms with Crippen molar-refractivity contribution in [2.45, 2.75) is 4.90 Å². The monoisotopic (exact) mass is 389 g/mol. The third kappa shape index (κ3) is 6.67. The first-order valence-corrected chi connectivity index (χ1v) is 8.91. The second-order valence-corrected chi connectivity index (χ2v) is 6.29. The number of benzene rings is 2. The summed E-state index contributed by atoms with van der Waals surface area (Å²) in [5.41, 5.74) is 0.855. The molecule has 1 N–H and O–H groups in total. The number of carbonyl (C=O) groups is 3. The zero-order valence-corrected chi connectivity index (χ0v) is 15.7. The zero-order valence-electron chi connectivity index (χ0n) is 14.9. The van der Waals surface area contributed by atoms with E-state index in [0.29, 0.717) is 11.3 Å². The number of nitrogens with one attached hydrogen (secondary N) is 1. The van der Waals surface area contributed by atoms with Crippen LogP contribution in [0.15, 0.2) is 53.4 Å². The SMILES string of the molecule is COC(=O)c1ccc(NC(=O)COC(=O)CSc2ccc(OC)cc2)cc1. The van der Waals surface area contributed by atoms with E-state index in [0.717, 1.165) is 10.6 Å². The van der Waals surface area contributed by atoms with Crippen LogP contribution >= 0.6 is 11.8 Å². The Balaban J connectivity index is 1.72. The van der Waals surface area contributed by atoms with Gasteiger partial charge in [-0.2, -0.15) is 0 Å². The maximum absolute atomic E-state index is 11.8. The van der Waals surface area contributed by atoms with Crippen LogP contribution in [-0.4, -0.2) is 44.4 Å². The van der Waals surface area contributed by atoms with E-state index in [9.17, 15) is 14.4 Å². The third-order valence-corrected chi connectivity index (χ3v) is 4.36. The molecule has 2 aromatic rings. The van der Waals surface area contributed by atoms with Crippen molar-refractivity contribution in [3.63, 3.8) is 0 Å². The highest BCUT2D eigenvalue weighted by Crippen LogP contribution is 2.21. The molecule has 0 aliphatic rings. The molecule has 0 spiro atoms. The maximum Gasteiger partial charge on any atom is 0.337 e. The van der Waals surface area contributed by atoms with Crippen LogP contribution in [0.5, 0.6) is 5.75 Å². The molecular formula is C19H19NO6S. The van der Waals surface area contributed by atoms with Crippen LogP contribution in [0.4, 0.5) is 5.69 Å². The van der Waals surface area contributed by atoms with Crippen molar-refractivity contribution in [2.75, 3.05) is 31.9 Å². The molecule has 1 amide bonds. The predicted molar refractivity (Wildman–Crippen MR) is 101 cm³/mol. The quantitative estimate of drug-likeness (QED) is 0.548. The first-order chi connectivity index (χ1) is 13.0. The lowest BCUT2D eigenvalue weighted by Crippen LogP contribution is -2.21. The molecule has 7 nitrogen and oxygen atoms in total. The Hall–Kier alpha value is -3.00. The second-order valence-electron chi connectivity index (χ2n) is 5.24. The van der Waals surface area contributed by atoms with E-state index in [1.165, 1.54) is 31.0 Å². The van der Waals surface area contributed by atoms with E-state index in [4.69, 9.17) is 9.47 Å². The van der Waals surface area contributed by atoms with Crippen molar-refractivity contribution >= 4 is 35.3 Å². The number of thioether (sulfide) groups is 1. The zero-order chi connectivity index (χ0) is 19.6. The van der Waals surface area contributed by atoms with E-state index in [1.807, 2.05) is 12.1 Å². The standard InChI is InChI=1S/C19H19NO6S/c1-24-15-7-9-16(10-8-15)27-12-18(22)26-11-17(21)20-14-5-3-13(4-6-14)19(23)25-2/h3-10H,11-12H2,1-2H3,(H,20,21). The number of methoxy groups -OCH3 is 2. The molecule has 0 fully saturated rings. The van der Waals surface area contributed by atoms with Gasteiger partial charge in [0, 0.05) is 10.6 Å². The van der Waals surface area contributed by atoms with Gasteiger partial charge < -0.3 is 19.5 Å². The molecule has 0 bridgehead atoms. The van der Waals surface area contributed by atoms with Crippen molar-refractivity contribution in [3.8, 4) is 5.75 Å². The lowest BCUT2D eigenvalue weighted by Gasteiger charge is -2.07. The molecular weight excluding hydrogens is 370 g/mol. The van der Waals surface area contributed by atoms with Gasteiger partial charge in [-0.1, -0.05) is 0 Å². The predicted octanol–water partition coefficient (Wildman–Crippen LogP) is 2.76. The average molecular weight is 389 g/mol. The lowest BCUT2D eigenvalue weighted by atomic mass is 10.2. The van der Waals surface area contributed by atoms with Crippen molar-refractivity contribution in [2.24, 2.45) is 0 Å². The van der Waals surface area contributed by atoms with Gasteiger partial charge in [-0.15, -0.1) is 11.8 Å². The van der Waals surface area contributed by atoms with E-state index in [2.05, 4.69) is 10.1 Å². The molecule has 0 radical (unpaired) electrons. The molecule has 142 valence electrons. The van der Waals surface area contributed by atoms with Crippen LogP contribution in [0.1, 0.15) is 10.4 Å². The van der Waals surface area contributed by atoms with Gasteiger partial charge in [0.05, 0.1) is 25.5 Å². The Bertz CT molecular complexity index is 789. The summed E-state index contributed by atoms with van der Waals surface area (Å²) in [6.07, 6.45) is 0. The molecule has 0 saturated carbocycles. The summed E-state index contributed by atoms with van der Waals surface area (Å²) in [4.78, 5) is 35.8. The molecule has 2 rings (SSSR count). The Labute approximate surface area is 161 Å². The van der Waals surface area contributed by atoms with Crippen LogP contribution in [0.3, 0.4) is 0 Å². The molecule has 8 heteroatoms. The van der Waals surface area contributed by atoms with Gasteiger partial charge in [-0.25, -0.2) is 4.79 Å². The van der Waals surface area contributed by atoms with Crippen LogP contribution in [0.2, 0.25) is 0 Å². The molecule has 0 heterocycles. The Kier molecular flexibility index (Phi) is 7.69. The van der Waals surface area contributed by atoms with Crippen LogP contribution in [0.25, 0.3) is 0 Å². The molecule has 0 aromatic heterocycles. The number of rotatable bonds is 8. The molecule has 2 aromatic carbocycles. The number of ether oxygens (including phenoxy) is 3. The first-order valence-electron chi connectivity index (χ1n) is 7.92. The Morgan fingerprint density at radius 3 is 2.22 bits per heavy atom. The largest absolute Gasteiger partial charge is 0.497 e. The van der Waals surface area contributed by atoms with Crippen molar-refractivity contribution in [1.82, 2.24) is 0 Å². The van der Waals surface area contributed by atoms with Crippen molar-refractivity contribution in [1.29, 1.82) is 0 Å². The summed E-state index contributed by atoms with van der Waals surface area (Å²) in [5, 5.41) is 2.58. The minimum absolute atomic E-state index is 0.0907. The summed E-state index contributed by atoms with van der Waals surface area (Å²) < 4.78 is 14.6. The fourth-order valence-electron chi connectivity index (χ4n) is 2.01. The summed E-state index contributed by atoms with van der Waals surface area (Å²) in [6.45, 7) is -0.388. The smallest absolute Gasteiger partial charge is 0.337 e.